The van der Waals surface area contributed by atoms with Gasteiger partial charge in [-0.2, -0.15) is 5.10 Å². The molecule has 2 heterocycles. The van der Waals surface area contributed by atoms with Crippen molar-refractivity contribution >= 4 is 11.4 Å². The number of aromatic nitrogens is 2. The predicted molar refractivity (Wildman–Crippen MR) is 100 cm³/mol. The first-order chi connectivity index (χ1) is 12.6. The number of allylic oxidation sites excluding steroid dienone is 1. The van der Waals surface area contributed by atoms with Gasteiger partial charge in [0.1, 0.15) is 6.67 Å². The van der Waals surface area contributed by atoms with Crippen LogP contribution in [0.25, 0.3) is 0 Å². The summed E-state index contributed by atoms with van der Waals surface area (Å²) in [6, 6.07) is 5.15. The van der Waals surface area contributed by atoms with Gasteiger partial charge in [-0.3, -0.25) is 9.67 Å². The maximum Gasteiger partial charge on any atom is 0.165 e. The summed E-state index contributed by atoms with van der Waals surface area (Å²) in [4.78, 5) is 6.68. The molecule has 1 aliphatic heterocycles. The molecule has 26 heavy (non-hydrogen) atoms. The Hall–Kier alpha value is -2.63. The molecule has 136 valence electrons. The smallest absolute Gasteiger partial charge is 0.165 e. The predicted octanol–water partition coefficient (Wildman–Crippen LogP) is 4.05. The Labute approximate surface area is 152 Å². The Bertz CT molecular complexity index is 864. The lowest BCUT2D eigenvalue weighted by atomic mass is 10.0. The molecule has 0 radical (unpaired) electrons. The normalized spacial score (nSPS) is 18.0. The molecule has 1 fully saturated rings. The van der Waals surface area contributed by atoms with E-state index in [9.17, 15) is 4.39 Å². The van der Waals surface area contributed by atoms with Gasteiger partial charge in [-0.1, -0.05) is 0 Å². The number of nitrogens with zero attached hydrogens (tertiary/aromatic N) is 4. The molecule has 1 aromatic carbocycles. The van der Waals surface area contributed by atoms with Crippen LogP contribution < -0.4 is 9.64 Å². The van der Waals surface area contributed by atoms with E-state index in [2.05, 4.69) is 10.1 Å². The fourth-order valence-electron chi connectivity index (χ4n) is 3.57. The van der Waals surface area contributed by atoms with E-state index in [1.54, 1.807) is 16.9 Å². The topological polar surface area (TPSA) is 42.7 Å². The van der Waals surface area contributed by atoms with Crippen molar-refractivity contribution in [2.24, 2.45) is 12.0 Å². The highest BCUT2D eigenvalue weighted by molar-refractivity contribution is 6.13. The van der Waals surface area contributed by atoms with Crippen molar-refractivity contribution in [3.8, 4) is 5.75 Å². The van der Waals surface area contributed by atoms with Crippen LogP contribution >= 0.6 is 0 Å². The fourth-order valence-corrected chi connectivity index (χ4v) is 3.57. The van der Waals surface area contributed by atoms with Crippen molar-refractivity contribution in [1.82, 2.24) is 9.78 Å². The number of anilines is 1. The van der Waals surface area contributed by atoms with Crippen molar-refractivity contribution in [3.05, 3.63) is 53.7 Å². The van der Waals surface area contributed by atoms with Crippen LogP contribution in [0.3, 0.4) is 0 Å². The molecular formula is C20H23FN4O. The molecule has 1 aromatic heterocycles. The summed E-state index contributed by atoms with van der Waals surface area (Å²) in [6.45, 7) is 2.47. The van der Waals surface area contributed by atoms with Gasteiger partial charge in [0.05, 0.1) is 23.7 Å². The van der Waals surface area contributed by atoms with Crippen LogP contribution in [0, 0.1) is 5.82 Å². The molecule has 0 spiro atoms. The van der Waals surface area contributed by atoms with Crippen molar-refractivity contribution in [2.75, 3.05) is 11.6 Å². The molecule has 4 rings (SSSR count). The summed E-state index contributed by atoms with van der Waals surface area (Å²) in [5, 5.41) is 4.19. The Balaban J connectivity index is 1.51. The second-order valence-corrected chi connectivity index (χ2v) is 6.97. The molecule has 0 N–H and O–H groups in total. The molecular weight excluding hydrogens is 331 g/mol. The van der Waals surface area contributed by atoms with Crippen molar-refractivity contribution in [2.45, 2.75) is 38.7 Å². The van der Waals surface area contributed by atoms with Crippen molar-refractivity contribution in [1.29, 1.82) is 0 Å². The Morgan fingerprint density at radius 1 is 1.23 bits per heavy atom. The van der Waals surface area contributed by atoms with Crippen LogP contribution in [0.4, 0.5) is 10.1 Å². The third-order valence-electron chi connectivity index (χ3n) is 4.93. The lowest BCUT2D eigenvalue weighted by molar-refractivity contribution is 0.200. The van der Waals surface area contributed by atoms with Gasteiger partial charge in [0, 0.05) is 25.0 Å². The van der Waals surface area contributed by atoms with E-state index < -0.39 is 0 Å². The maximum absolute atomic E-state index is 14.5. The molecule has 2 aromatic rings. The minimum Gasteiger partial charge on any atom is -0.487 e. The Morgan fingerprint density at radius 2 is 2.04 bits per heavy atom. The molecule has 0 saturated heterocycles. The third-order valence-corrected chi connectivity index (χ3v) is 4.93. The highest BCUT2D eigenvalue weighted by Crippen LogP contribution is 2.28. The van der Waals surface area contributed by atoms with Crippen LogP contribution in [0.5, 0.6) is 5.75 Å². The standard InChI is InChI=1S/C20H23FN4O/c1-14-11-25(16-10-23-24(2)12-16)13-22-20(14)15-7-8-19(18(21)9-15)26-17-5-3-4-6-17/h7-12,17H,3-6,13H2,1-2H3. The van der Waals surface area contributed by atoms with Gasteiger partial charge in [0.25, 0.3) is 0 Å². The van der Waals surface area contributed by atoms with Crippen LogP contribution in [0.2, 0.25) is 0 Å². The van der Waals surface area contributed by atoms with E-state index in [-0.39, 0.29) is 11.9 Å². The third kappa shape index (κ3) is 3.36. The maximum atomic E-state index is 14.5. The number of ether oxygens (including phenoxy) is 1. The lowest BCUT2D eigenvalue weighted by Gasteiger charge is -2.23. The number of aryl methyl sites for hydroxylation is 1. The first-order valence-electron chi connectivity index (χ1n) is 9.05. The fraction of sp³-hybridized carbons (Fsp3) is 0.400. The van der Waals surface area contributed by atoms with E-state index >= 15 is 0 Å². The number of hydrogen-bond donors (Lipinski definition) is 0. The zero-order chi connectivity index (χ0) is 18.1. The zero-order valence-corrected chi connectivity index (χ0v) is 15.2. The van der Waals surface area contributed by atoms with Gasteiger partial charge >= 0.3 is 0 Å². The SMILES string of the molecule is CC1=CN(c2cnn(C)c2)CN=C1c1ccc(OC2CCCC2)c(F)c1. The first-order valence-corrected chi connectivity index (χ1v) is 9.05. The van der Waals surface area contributed by atoms with Gasteiger partial charge in [-0.05, 0) is 56.4 Å². The molecule has 0 bridgehead atoms. The van der Waals surface area contributed by atoms with Crippen LogP contribution in [0.1, 0.15) is 38.2 Å². The summed E-state index contributed by atoms with van der Waals surface area (Å²) in [5.41, 5.74) is 3.57. The quantitative estimate of drug-likeness (QED) is 0.832. The van der Waals surface area contributed by atoms with E-state index in [1.807, 2.05) is 37.3 Å². The number of benzene rings is 1. The zero-order valence-electron chi connectivity index (χ0n) is 15.2. The molecule has 6 heteroatoms. The minimum absolute atomic E-state index is 0.150. The minimum atomic E-state index is -0.320. The largest absolute Gasteiger partial charge is 0.487 e. The lowest BCUT2D eigenvalue weighted by Crippen LogP contribution is -2.24. The highest BCUT2D eigenvalue weighted by Gasteiger charge is 2.20. The Morgan fingerprint density at radius 3 is 2.69 bits per heavy atom. The van der Waals surface area contributed by atoms with Gasteiger partial charge in [-0.15, -0.1) is 0 Å². The average Bonchev–Trinajstić information content (AvgIpc) is 3.28. The van der Waals surface area contributed by atoms with Crippen LogP contribution in [0.15, 0.2) is 47.4 Å². The number of hydrogen-bond acceptors (Lipinski definition) is 4. The van der Waals surface area contributed by atoms with Gasteiger partial charge < -0.3 is 9.64 Å². The number of aliphatic imine (C=N–C) groups is 1. The van der Waals surface area contributed by atoms with Crippen molar-refractivity contribution in [3.63, 3.8) is 0 Å². The van der Waals surface area contributed by atoms with Crippen molar-refractivity contribution < 1.29 is 9.13 Å². The van der Waals surface area contributed by atoms with E-state index in [4.69, 9.17) is 4.74 Å². The second kappa shape index (κ2) is 6.94. The monoisotopic (exact) mass is 354 g/mol. The Kier molecular flexibility index (Phi) is 4.49. The molecule has 5 nitrogen and oxygen atoms in total. The summed E-state index contributed by atoms with van der Waals surface area (Å²) in [5.74, 6) is 0.0234. The molecule has 1 aliphatic carbocycles. The average molecular weight is 354 g/mol. The first kappa shape index (κ1) is 16.8. The number of rotatable bonds is 4. The summed E-state index contributed by atoms with van der Waals surface area (Å²) < 4.78 is 22.1. The van der Waals surface area contributed by atoms with Gasteiger partial charge in [-0.25, -0.2) is 4.39 Å². The van der Waals surface area contributed by atoms with Crippen LogP contribution in [-0.2, 0) is 7.05 Å². The van der Waals surface area contributed by atoms with E-state index in [1.165, 1.54) is 18.9 Å². The van der Waals surface area contributed by atoms with Gasteiger partial charge in [0.2, 0.25) is 0 Å². The number of halogens is 1. The summed E-state index contributed by atoms with van der Waals surface area (Å²) in [7, 11) is 1.89. The molecule has 0 unspecified atom stereocenters. The molecule has 0 atom stereocenters. The molecule has 0 amide bonds. The van der Waals surface area contributed by atoms with E-state index in [0.29, 0.717) is 12.4 Å². The van der Waals surface area contributed by atoms with Crippen LogP contribution in [-0.4, -0.2) is 28.3 Å². The summed E-state index contributed by atoms with van der Waals surface area (Å²) >= 11 is 0. The molecule has 2 aliphatic rings. The molecule has 1 saturated carbocycles. The highest BCUT2D eigenvalue weighted by atomic mass is 19.1. The summed E-state index contributed by atoms with van der Waals surface area (Å²) in [6.07, 6.45) is 10.3. The second-order valence-electron chi connectivity index (χ2n) is 6.97. The van der Waals surface area contributed by atoms with Gasteiger partial charge in [0.15, 0.2) is 11.6 Å². The van der Waals surface area contributed by atoms with E-state index in [0.717, 1.165) is 35.4 Å².